The zero-order valence-electron chi connectivity index (χ0n) is 10.6. The van der Waals surface area contributed by atoms with Gasteiger partial charge in [0.2, 0.25) is 0 Å². The first kappa shape index (κ1) is 12.8. The fourth-order valence-corrected chi connectivity index (χ4v) is 1.90. The van der Waals surface area contributed by atoms with E-state index < -0.39 is 0 Å². The van der Waals surface area contributed by atoms with Crippen molar-refractivity contribution in [3.63, 3.8) is 0 Å². The van der Waals surface area contributed by atoms with Gasteiger partial charge in [-0.25, -0.2) is 0 Å². The van der Waals surface area contributed by atoms with Crippen molar-refractivity contribution in [3.05, 3.63) is 47.7 Å². The van der Waals surface area contributed by atoms with Gasteiger partial charge >= 0.3 is 0 Å². The molecule has 0 unspecified atom stereocenters. The van der Waals surface area contributed by atoms with Gasteiger partial charge in [0, 0.05) is 12.5 Å². The first-order valence-electron chi connectivity index (χ1n) is 6.29. The van der Waals surface area contributed by atoms with E-state index in [4.69, 9.17) is 9.47 Å². The Morgan fingerprint density at radius 2 is 2.06 bits per heavy atom. The van der Waals surface area contributed by atoms with Crippen molar-refractivity contribution in [2.45, 2.75) is 32.5 Å². The molecule has 0 radical (unpaired) electrons. The quantitative estimate of drug-likeness (QED) is 0.801. The Morgan fingerprint density at radius 3 is 2.78 bits per heavy atom. The SMILES string of the molecule is CC[C@@H]1CC(=O)C=C(COCc2ccccc2)O1. The van der Waals surface area contributed by atoms with Gasteiger partial charge in [0.05, 0.1) is 6.61 Å². The summed E-state index contributed by atoms with van der Waals surface area (Å²) in [6.45, 7) is 2.91. The van der Waals surface area contributed by atoms with E-state index >= 15 is 0 Å². The maximum absolute atomic E-state index is 11.5. The van der Waals surface area contributed by atoms with Crippen molar-refractivity contribution in [2.75, 3.05) is 6.61 Å². The van der Waals surface area contributed by atoms with Crippen LogP contribution in [0.15, 0.2) is 42.2 Å². The molecule has 1 aromatic carbocycles. The Bertz CT molecular complexity index is 423. The van der Waals surface area contributed by atoms with Gasteiger partial charge < -0.3 is 9.47 Å². The Kier molecular flexibility index (Phi) is 4.53. The Labute approximate surface area is 107 Å². The third-order valence-corrected chi connectivity index (χ3v) is 2.88. The molecule has 3 heteroatoms. The molecule has 0 spiro atoms. The Balaban J connectivity index is 1.81. The average Bonchev–Trinajstić information content (AvgIpc) is 2.39. The summed E-state index contributed by atoms with van der Waals surface area (Å²) in [6, 6.07) is 9.95. The molecule has 0 N–H and O–H groups in total. The predicted octanol–water partition coefficient (Wildman–Crippen LogP) is 2.86. The van der Waals surface area contributed by atoms with E-state index in [1.54, 1.807) is 6.08 Å². The van der Waals surface area contributed by atoms with Crippen LogP contribution in [0.5, 0.6) is 0 Å². The highest BCUT2D eigenvalue weighted by atomic mass is 16.5. The van der Waals surface area contributed by atoms with E-state index in [9.17, 15) is 4.79 Å². The summed E-state index contributed by atoms with van der Waals surface area (Å²) in [5.41, 5.74) is 1.12. The number of ether oxygens (including phenoxy) is 2. The number of ketones is 1. The molecule has 1 heterocycles. The number of benzene rings is 1. The monoisotopic (exact) mass is 246 g/mol. The van der Waals surface area contributed by atoms with Gasteiger partial charge in [0.1, 0.15) is 18.5 Å². The lowest BCUT2D eigenvalue weighted by molar-refractivity contribution is -0.119. The lowest BCUT2D eigenvalue weighted by Crippen LogP contribution is -2.23. The first-order valence-corrected chi connectivity index (χ1v) is 6.29. The van der Waals surface area contributed by atoms with E-state index in [0.717, 1.165) is 12.0 Å². The molecule has 0 amide bonds. The molecule has 0 fully saturated rings. The Hall–Kier alpha value is -1.61. The van der Waals surface area contributed by atoms with E-state index in [2.05, 4.69) is 0 Å². The molecule has 18 heavy (non-hydrogen) atoms. The average molecular weight is 246 g/mol. The van der Waals surface area contributed by atoms with Crippen LogP contribution in [0.3, 0.4) is 0 Å². The second-order valence-electron chi connectivity index (χ2n) is 4.41. The molecule has 0 saturated heterocycles. The lowest BCUT2D eigenvalue weighted by atomic mass is 10.1. The molecule has 3 nitrogen and oxygen atoms in total. The summed E-state index contributed by atoms with van der Waals surface area (Å²) in [4.78, 5) is 11.5. The van der Waals surface area contributed by atoms with E-state index in [-0.39, 0.29) is 11.9 Å². The molecule has 0 bridgehead atoms. The minimum Gasteiger partial charge on any atom is -0.492 e. The van der Waals surface area contributed by atoms with Gasteiger partial charge in [0.25, 0.3) is 0 Å². The van der Waals surface area contributed by atoms with Crippen LogP contribution >= 0.6 is 0 Å². The summed E-state index contributed by atoms with van der Waals surface area (Å²) in [6.07, 6.45) is 2.90. The highest BCUT2D eigenvalue weighted by Crippen LogP contribution is 2.17. The van der Waals surface area contributed by atoms with E-state index in [1.165, 1.54) is 0 Å². The molecular weight excluding hydrogens is 228 g/mol. The standard InChI is InChI=1S/C15H18O3/c1-2-14-8-13(16)9-15(18-14)11-17-10-12-6-4-3-5-7-12/h3-7,9,14H,2,8,10-11H2,1H3/t14-/m1/s1. The predicted molar refractivity (Wildman–Crippen MR) is 69.0 cm³/mol. The number of rotatable bonds is 5. The second-order valence-corrected chi connectivity index (χ2v) is 4.41. The zero-order chi connectivity index (χ0) is 12.8. The molecule has 0 saturated carbocycles. The van der Waals surface area contributed by atoms with Crippen LogP contribution < -0.4 is 0 Å². The summed E-state index contributed by atoms with van der Waals surface area (Å²) in [5.74, 6) is 0.778. The maximum Gasteiger partial charge on any atom is 0.162 e. The van der Waals surface area contributed by atoms with E-state index in [0.29, 0.717) is 25.4 Å². The number of hydrogen-bond acceptors (Lipinski definition) is 3. The number of allylic oxidation sites excluding steroid dienone is 1. The van der Waals surface area contributed by atoms with Crippen LogP contribution in [0, 0.1) is 0 Å². The maximum atomic E-state index is 11.5. The smallest absolute Gasteiger partial charge is 0.162 e. The fourth-order valence-electron chi connectivity index (χ4n) is 1.90. The molecule has 1 aliphatic heterocycles. The molecule has 2 rings (SSSR count). The molecule has 1 atom stereocenters. The fraction of sp³-hybridized carbons (Fsp3) is 0.400. The minimum atomic E-state index is 0.0119. The van der Waals surface area contributed by atoms with Crippen molar-refractivity contribution in [1.82, 2.24) is 0 Å². The van der Waals surface area contributed by atoms with Crippen LogP contribution in [-0.4, -0.2) is 18.5 Å². The molecule has 0 aliphatic carbocycles. The van der Waals surface area contributed by atoms with Gasteiger partial charge in [-0.3, -0.25) is 4.79 Å². The lowest BCUT2D eigenvalue weighted by Gasteiger charge is -2.22. The topological polar surface area (TPSA) is 35.5 Å². The minimum absolute atomic E-state index is 0.0119. The second kappa shape index (κ2) is 6.36. The third-order valence-electron chi connectivity index (χ3n) is 2.88. The Morgan fingerprint density at radius 1 is 1.28 bits per heavy atom. The molecule has 0 aromatic heterocycles. The van der Waals surface area contributed by atoms with Crippen LogP contribution in [0.25, 0.3) is 0 Å². The van der Waals surface area contributed by atoms with Crippen molar-refractivity contribution in [2.24, 2.45) is 0 Å². The van der Waals surface area contributed by atoms with Gasteiger partial charge in [-0.15, -0.1) is 0 Å². The van der Waals surface area contributed by atoms with Gasteiger partial charge in [-0.05, 0) is 12.0 Å². The third kappa shape index (κ3) is 3.70. The number of carbonyl (C=O) groups is 1. The van der Waals surface area contributed by atoms with Crippen molar-refractivity contribution in [1.29, 1.82) is 0 Å². The molecule has 1 aromatic rings. The van der Waals surface area contributed by atoms with Crippen molar-refractivity contribution >= 4 is 5.78 Å². The number of hydrogen-bond donors (Lipinski definition) is 0. The first-order chi connectivity index (χ1) is 8.78. The largest absolute Gasteiger partial charge is 0.492 e. The summed E-state index contributed by atoms with van der Waals surface area (Å²) in [5, 5.41) is 0. The molecule has 1 aliphatic rings. The van der Waals surface area contributed by atoms with Gasteiger partial charge in [-0.2, -0.15) is 0 Å². The van der Waals surface area contributed by atoms with Crippen molar-refractivity contribution < 1.29 is 14.3 Å². The molecule has 96 valence electrons. The zero-order valence-corrected chi connectivity index (χ0v) is 10.6. The number of carbonyl (C=O) groups excluding carboxylic acids is 1. The summed E-state index contributed by atoms with van der Waals surface area (Å²) in [7, 11) is 0. The summed E-state index contributed by atoms with van der Waals surface area (Å²) < 4.78 is 11.2. The van der Waals surface area contributed by atoms with Crippen LogP contribution in [0.1, 0.15) is 25.3 Å². The van der Waals surface area contributed by atoms with Crippen LogP contribution in [0.4, 0.5) is 0 Å². The van der Waals surface area contributed by atoms with E-state index in [1.807, 2.05) is 37.3 Å². The highest BCUT2D eigenvalue weighted by molar-refractivity contribution is 5.91. The normalized spacial score (nSPS) is 19.3. The molecular formula is C15H18O3. The highest BCUT2D eigenvalue weighted by Gasteiger charge is 2.19. The summed E-state index contributed by atoms with van der Waals surface area (Å²) >= 11 is 0. The van der Waals surface area contributed by atoms with Crippen LogP contribution in [-0.2, 0) is 20.9 Å². The van der Waals surface area contributed by atoms with Crippen molar-refractivity contribution in [3.8, 4) is 0 Å². The van der Waals surface area contributed by atoms with Gasteiger partial charge in [-0.1, -0.05) is 37.3 Å². The van der Waals surface area contributed by atoms with Gasteiger partial charge in [0.15, 0.2) is 5.78 Å². The van der Waals surface area contributed by atoms with Crippen LogP contribution in [0.2, 0.25) is 0 Å².